The van der Waals surface area contributed by atoms with Gasteiger partial charge in [0.2, 0.25) is 0 Å². The van der Waals surface area contributed by atoms with E-state index in [2.05, 4.69) is 25.9 Å². The van der Waals surface area contributed by atoms with E-state index in [1.54, 1.807) is 19.2 Å². The summed E-state index contributed by atoms with van der Waals surface area (Å²) in [4.78, 5) is 19.7. The maximum absolute atomic E-state index is 13.5. The minimum absolute atomic E-state index is 0. The summed E-state index contributed by atoms with van der Waals surface area (Å²) in [6, 6.07) is 12.5. The Labute approximate surface area is 209 Å². The van der Waals surface area contributed by atoms with Crippen LogP contribution in [0.1, 0.15) is 24.0 Å². The number of rotatable bonds is 7. The quantitative estimate of drug-likeness (QED) is 0.199. The Morgan fingerprint density at radius 1 is 1.24 bits per heavy atom. The number of H-pyrrole nitrogens is 1. The fraction of sp³-hybridized carbons (Fsp3) is 0.333. The van der Waals surface area contributed by atoms with Gasteiger partial charge in [0.15, 0.2) is 5.96 Å². The first-order chi connectivity index (χ1) is 15.6. The number of benzene rings is 2. The Hall–Kier alpha value is -2.66. The predicted molar refractivity (Wildman–Crippen MR) is 140 cm³/mol. The molecule has 0 spiro atoms. The highest BCUT2D eigenvalue weighted by atomic mass is 127. The number of hydrogen-bond acceptors (Lipinski definition) is 3. The molecule has 0 aliphatic carbocycles. The lowest BCUT2D eigenvalue weighted by Gasteiger charge is -2.14. The van der Waals surface area contributed by atoms with Crippen molar-refractivity contribution in [2.75, 3.05) is 25.5 Å². The Morgan fingerprint density at radius 3 is 2.91 bits per heavy atom. The number of carbonyl (C=O) groups is 1. The normalized spacial score (nSPS) is 15.8. The molecular weight excluding hydrogens is 536 g/mol. The summed E-state index contributed by atoms with van der Waals surface area (Å²) in [5.41, 5.74) is 3.75. The van der Waals surface area contributed by atoms with Crippen molar-refractivity contribution in [3.8, 4) is 0 Å². The van der Waals surface area contributed by atoms with Crippen LogP contribution in [0.15, 0.2) is 53.7 Å². The van der Waals surface area contributed by atoms with Crippen LogP contribution in [0.3, 0.4) is 0 Å². The summed E-state index contributed by atoms with van der Waals surface area (Å²) >= 11 is 0. The first kappa shape index (κ1) is 25.0. The molecule has 2 heterocycles. The van der Waals surface area contributed by atoms with E-state index >= 15 is 0 Å². The van der Waals surface area contributed by atoms with Crippen LogP contribution in [-0.2, 0) is 22.5 Å². The maximum atomic E-state index is 13.5. The van der Waals surface area contributed by atoms with Crippen LogP contribution >= 0.6 is 24.0 Å². The molecule has 4 N–H and O–H groups in total. The molecule has 9 heteroatoms. The molecule has 3 aromatic rings. The summed E-state index contributed by atoms with van der Waals surface area (Å²) in [5, 5.41) is 10.4. The molecule has 7 nitrogen and oxygen atoms in total. The second-order valence-electron chi connectivity index (χ2n) is 7.80. The Morgan fingerprint density at radius 2 is 2.12 bits per heavy atom. The third-order valence-corrected chi connectivity index (χ3v) is 5.52. The molecule has 1 atom stereocenters. The van der Waals surface area contributed by atoms with Gasteiger partial charge < -0.3 is 25.7 Å². The second-order valence-corrected chi connectivity index (χ2v) is 7.80. The molecule has 176 valence electrons. The summed E-state index contributed by atoms with van der Waals surface area (Å²) in [6.45, 7) is 1.85. The van der Waals surface area contributed by atoms with Crippen LogP contribution in [0.2, 0.25) is 0 Å². The van der Waals surface area contributed by atoms with Gasteiger partial charge in [-0.3, -0.25) is 9.79 Å². The molecule has 0 bridgehead atoms. The zero-order valence-electron chi connectivity index (χ0n) is 18.5. The number of halogens is 2. The van der Waals surface area contributed by atoms with Crippen molar-refractivity contribution in [2.24, 2.45) is 4.99 Å². The number of amides is 1. The third kappa shape index (κ3) is 6.67. The van der Waals surface area contributed by atoms with Gasteiger partial charge in [0.25, 0.3) is 5.91 Å². The van der Waals surface area contributed by atoms with Crippen LogP contribution in [0, 0.1) is 5.82 Å². The number of aromatic nitrogens is 1. The van der Waals surface area contributed by atoms with Crippen molar-refractivity contribution in [3.63, 3.8) is 0 Å². The molecule has 0 saturated carbocycles. The van der Waals surface area contributed by atoms with Crippen LogP contribution in [-0.4, -0.2) is 43.2 Å². The summed E-state index contributed by atoms with van der Waals surface area (Å²) < 4.78 is 19.0. The number of hydrogen-bond donors (Lipinski definition) is 4. The maximum Gasteiger partial charge on any atom is 0.253 e. The summed E-state index contributed by atoms with van der Waals surface area (Å²) in [7, 11) is 1.72. The lowest BCUT2D eigenvalue weighted by atomic mass is 10.1. The van der Waals surface area contributed by atoms with E-state index in [0.29, 0.717) is 25.7 Å². The van der Waals surface area contributed by atoms with Gasteiger partial charge in [-0.1, -0.05) is 12.1 Å². The first-order valence-corrected chi connectivity index (χ1v) is 10.8. The molecule has 1 saturated heterocycles. The predicted octanol–water partition coefficient (Wildman–Crippen LogP) is 3.95. The van der Waals surface area contributed by atoms with Gasteiger partial charge in [-0.25, -0.2) is 4.39 Å². The number of anilines is 1. The van der Waals surface area contributed by atoms with Gasteiger partial charge in [0, 0.05) is 49.5 Å². The molecule has 2 aromatic carbocycles. The van der Waals surface area contributed by atoms with Crippen molar-refractivity contribution >= 4 is 52.4 Å². The van der Waals surface area contributed by atoms with Crippen LogP contribution in [0.4, 0.5) is 10.1 Å². The highest BCUT2D eigenvalue weighted by Crippen LogP contribution is 2.19. The number of carbonyl (C=O) groups excluding carboxylic acids is 1. The fourth-order valence-electron chi connectivity index (χ4n) is 3.85. The van der Waals surface area contributed by atoms with Crippen LogP contribution in [0.25, 0.3) is 10.9 Å². The smallest absolute Gasteiger partial charge is 0.253 e. The molecule has 1 aromatic heterocycles. The average molecular weight is 565 g/mol. The lowest BCUT2D eigenvalue weighted by molar-refractivity contribution is -0.124. The molecule has 1 aliphatic heterocycles. The number of fused-ring (bicyclic) bond motifs is 1. The molecular formula is C24H29FIN5O2. The topological polar surface area (TPSA) is 90.5 Å². The van der Waals surface area contributed by atoms with E-state index in [9.17, 15) is 9.18 Å². The van der Waals surface area contributed by atoms with Crippen molar-refractivity contribution in [1.82, 2.24) is 15.6 Å². The van der Waals surface area contributed by atoms with E-state index in [1.807, 2.05) is 30.5 Å². The Kier molecular flexibility index (Phi) is 9.07. The van der Waals surface area contributed by atoms with E-state index < -0.39 is 0 Å². The van der Waals surface area contributed by atoms with E-state index in [1.165, 1.54) is 6.07 Å². The minimum atomic E-state index is -0.353. The molecule has 1 unspecified atom stereocenters. The number of nitrogens with zero attached hydrogens (tertiary/aromatic N) is 1. The summed E-state index contributed by atoms with van der Waals surface area (Å²) in [5.74, 6) is 0.338. The highest BCUT2D eigenvalue weighted by molar-refractivity contribution is 14.0. The van der Waals surface area contributed by atoms with Gasteiger partial charge in [-0.15, -0.1) is 24.0 Å². The monoisotopic (exact) mass is 565 g/mol. The van der Waals surface area contributed by atoms with E-state index in [0.717, 1.165) is 47.0 Å². The Bertz CT molecular complexity index is 1110. The zero-order chi connectivity index (χ0) is 22.3. The van der Waals surface area contributed by atoms with Gasteiger partial charge >= 0.3 is 0 Å². The minimum Gasteiger partial charge on any atom is -0.368 e. The van der Waals surface area contributed by atoms with E-state index in [4.69, 9.17) is 4.74 Å². The number of aliphatic imine (C=N–C) groups is 1. The van der Waals surface area contributed by atoms with E-state index in [-0.39, 0.29) is 41.8 Å². The van der Waals surface area contributed by atoms with Crippen molar-refractivity contribution < 1.29 is 13.9 Å². The number of aromatic amines is 1. The number of ether oxygens (including phenoxy) is 1. The molecule has 0 radical (unpaired) electrons. The Balaban J connectivity index is 0.00000306. The SMILES string of the molecule is CN=C(NCCc1c[nH]c2ccc(F)cc12)NCc1cccc(NC(=O)C2CCCO2)c1.I. The molecule has 1 aliphatic rings. The van der Waals surface area contributed by atoms with Crippen molar-refractivity contribution in [3.05, 3.63) is 65.6 Å². The molecule has 4 rings (SSSR count). The van der Waals surface area contributed by atoms with Crippen molar-refractivity contribution in [2.45, 2.75) is 31.9 Å². The largest absolute Gasteiger partial charge is 0.368 e. The van der Waals surface area contributed by atoms with Gasteiger partial charge in [-0.2, -0.15) is 0 Å². The number of nitrogens with one attached hydrogen (secondary N) is 4. The van der Waals surface area contributed by atoms with Crippen LogP contribution in [0.5, 0.6) is 0 Å². The van der Waals surface area contributed by atoms with Gasteiger partial charge in [-0.05, 0) is 60.7 Å². The average Bonchev–Trinajstić information content (AvgIpc) is 3.47. The molecule has 33 heavy (non-hydrogen) atoms. The van der Waals surface area contributed by atoms with Gasteiger partial charge in [0.05, 0.1) is 0 Å². The standard InChI is InChI=1S/C24H28FN5O2.HI/c1-26-24(27-10-9-17-15-28-21-8-7-18(25)13-20(17)21)29-14-16-4-2-5-19(12-16)30-23(31)22-6-3-11-32-22;/h2,4-5,7-8,12-13,15,22,28H,3,6,9-11,14H2,1H3,(H,30,31)(H2,26,27,29);1H. The third-order valence-electron chi connectivity index (χ3n) is 5.52. The summed E-state index contributed by atoms with van der Waals surface area (Å²) in [6.07, 6.45) is 3.98. The van der Waals surface area contributed by atoms with Gasteiger partial charge in [0.1, 0.15) is 11.9 Å². The highest BCUT2D eigenvalue weighted by Gasteiger charge is 2.23. The van der Waals surface area contributed by atoms with Crippen LogP contribution < -0.4 is 16.0 Å². The molecule has 1 fully saturated rings. The zero-order valence-corrected chi connectivity index (χ0v) is 20.8. The van der Waals surface area contributed by atoms with Crippen molar-refractivity contribution in [1.29, 1.82) is 0 Å². The first-order valence-electron chi connectivity index (χ1n) is 10.8. The lowest BCUT2D eigenvalue weighted by Crippen LogP contribution is -2.37. The number of guanidine groups is 1. The molecule has 1 amide bonds. The fourth-order valence-corrected chi connectivity index (χ4v) is 3.85. The second kappa shape index (κ2) is 12.0.